The topological polar surface area (TPSA) is 22.1 Å². The largest absolute Gasteiger partial charge is 0.374 e. The molecule has 0 bridgehead atoms. The normalized spacial score (nSPS) is 12.8. The van der Waals surface area contributed by atoms with Gasteiger partial charge >= 0.3 is 0 Å². The van der Waals surface area contributed by atoms with E-state index < -0.39 is 0 Å². The number of fused-ring (bicyclic) bond motifs is 1. The first-order valence-corrected chi connectivity index (χ1v) is 6.25. The molecule has 1 aromatic carbocycles. The highest BCUT2D eigenvalue weighted by atomic mass is 16.5. The molecule has 1 heterocycles. The van der Waals surface area contributed by atoms with Gasteiger partial charge in [-0.2, -0.15) is 0 Å². The number of para-hydroxylation sites is 1. The zero-order valence-electron chi connectivity index (χ0n) is 10.5. The number of benzene rings is 1. The number of ether oxygens (including phenoxy) is 1. The van der Waals surface area contributed by atoms with Crippen molar-refractivity contribution in [3.8, 4) is 0 Å². The third-order valence-electron chi connectivity index (χ3n) is 2.88. The summed E-state index contributed by atoms with van der Waals surface area (Å²) in [7, 11) is 0. The van der Waals surface area contributed by atoms with Crippen LogP contribution in [0.15, 0.2) is 36.5 Å². The first-order chi connectivity index (χ1) is 8.29. The summed E-state index contributed by atoms with van der Waals surface area (Å²) in [6.45, 7) is 4.95. The zero-order valence-corrected chi connectivity index (χ0v) is 10.5. The van der Waals surface area contributed by atoms with Crippen LogP contribution < -0.4 is 0 Å². The molecule has 0 N–H and O–H groups in total. The van der Waals surface area contributed by atoms with E-state index in [1.54, 1.807) is 0 Å². The Morgan fingerprint density at radius 3 is 2.94 bits per heavy atom. The number of pyridine rings is 1. The Hall–Kier alpha value is -1.41. The second-order valence-electron chi connectivity index (χ2n) is 4.45. The van der Waals surface area contributed by atoms with Gasteiger partial charge in [0.25, 0.3) is 0 Å². The van der Waals surface area contributed by atoms with Gasteiger partial charge in [0.1, 0.15) is 0 Å². The van der Waals surface area contributed by atoms with Gasteiger partial charge in [-0.15, -0.1) is 0 Å². The van der Waals surface area contributed by atoms with Gasteiger partial charge in [0, 0.05) is 11.6 Å². The number of rotatable bonds is 5. The van der Waals surface area contributed by atoms with Crippen LogP contribution in [0.2, 0.25) is 0 Å². The molecule has 90 valence electrons. The van der Waals surface area contributed by atoms with E-state index in [0.717, 1.165) is 23.9 Å². The molecule has 0 spiro atoms. The standard InChI is InChI=1S/C15H19NO/c1-3-6-12(2)17-11-13-9-14-7-4-5-8-15(14)16-10-13/h4-5,7-10,12H,3,6,11H2,1-2H3. The monoisotopic (exact) mass is 229 g/mol. The third-order valence-corrected chi connectivity index (χ3v) is 2.88. The summed E-state index contributed by atoms with van der Waals surface area (Å²) in [6.07, 6.45) is 4.51. The van der Waals surface area contributed by atoms with Crippen molar-refractivity contribution in [2.75, 3.05) is 0 Å². The smallest absolute Gasteiger partial charge is 0.0735 e. The highest BCUT2D eigenvalue weighted by Crippen LogP contribution is 2.14. The van der Waals surface area contributed by atoms with Crippen molar-refractivity contribution in [1.29, 1.82) is 0 Å². The molecule has 0 saturated carbocycles. The number of nitrogens with zero attached hydrogens (tertiary/aromatic N) is 1. The zero-order chi connectivity index (χ0) is 12.1. The minimum Gasteiger partial charge on any atom is -0.374 e. The van der Waals surface area contributed by atoms with Gasteiger partial charge in [-0.05, 0) is 31.0 Å². The predicted octanol–water partition coefficient (Wildman–Crippen LogP) is 3.94. The summed E-state index contributed by atoms with van der Waals surface area (Å²) in [5, 5.41) is 1.18. The van der Waals surface area contributed by atoms with Crippen molar-refractivity contribution in [3.63, 3.8) is 0 Å². The van der Waals surface area contributed by atoms with Crippen LogP contribution in [0, 0.1) is 0 Å². The SMILES string of the molecule is CCCC(C)OCc1cnc2ccccc2c1. The second kappa shape index (κ2) is 5.78. The summed E-state index contributed by atoms with van der Waals surface area (Å²) in [6, 6.07) is 10.3. The molecule has 0 aliphatic rings. The fourth-order valence-corrected chi connectivity index (χ4v) is 1.92. The summed E-state index contributed by atoms with van der Waals surface area (Å²) < 4.78 is 5.78. The number of hydrogen-bond donors (Lipinski definition) is 0. The minimum absolute atomic E-state index is 0.325. The lowest BCUT2D eigenvalue weighted by Gasteiger charge is -2.11. The first-order valence-electron chi connectivity index (χ1n) is 6.25. The molecular weight excluding hydrogens is 210 g/mol. The maximum Gasteiger partial charge on any atom is 0.0735 e. The maximum atomic E-state index is 5.78. The summed E-state index contributed by atoms with van der Waals surface area (Å²) in [5.41, 5.74) is 2.18. The fourth-order valence-electron chi connectivity index (χ4n) is 1.92. The van der Waals surface area contributed by atoms with Crippen LogP contribution in [-0.2, 0) is 11.3 Å². The van der Waals surface area contributed by atoms with Gasteiger partial charge in [-0.3, -0.25) is 4.98 Å². The number of hydrogen-bond acceptors (Lipinski definition) is 2. The van der Waals surface area contributed by atoms with E-state index >= 15 is 0 Å². The molecule has 2 nitrogen and oxygen atoms in total. The average Bonchev–Trinajstić information content (AvgIpc) is 2.36. The van der Waals surface area contributed by atoms with Crippen LogP contribution in [0.5, 0.6) is 0 Å². The Balaban J connectivity index is 2.04. The van der Waals surface area contributed by atoms with Gasteiger partial charge in [0.05, 0.1) is 18.2 Å². The summed E-state index contributed by atoms with van der Waals surface area (Å²) >= 11 is 0. The van der Waals surface area contributed by atoms with Gasteiger partial charge < -0.3 is 4.74 Å². The Morgan fingerprint density at radius 2 is 2.12 bits per heavy atom. The Labute approximate surface area is 103 Å². The minimum atomic E-state index is 0.325. The summed E-state index contributed by atoms with van der Waals surface area (Å²) in [4.78, 5) is 4.43. The van der Waals surface area contributed by atoms with Crippen molar-refractivity contribution in [3.05, 3.63) is 42.1 Å². The maximum absolute atomic E-state index is 5.78. The van der Waals surface area contributed by atoms with Gasteiger partial charge in [0.2, 0.25) is 0 Å². The van der Waals surface area contributed by atoms with Crippen molar-refractivity contribution in [2.45, 2.75) is 39.4 Å². The van der Waals surface area contributed by atoms with Gasteiger partial charge in [0.15, 0.2) is 0 Å². The molecule has 1 unspecified atom stereocenters. The molecule has 1 aromatic heterocycles. The van der Waals surface area contributed by atoms with E-state index in [1.807, 2.05) is 24.4 Å². The molecule has 17 heavy (non-hydrogen) atoms. The van der Waals surface area contributed by atoms with Crippen molar-refractivity contribution in [2.24, 2.45) is 0 Å². The molecule has 0 amide bonds. The highest BCUT2D eigenvalue weighted by Gasteiger charge is 2.02. The van der Waals surface area contributed by atoms with Crippen LogP contribution >= 0.6 is 0 Å². The van der Waals surface area contributed by atoms with E-state index in [2.05, 4.69) is 31.0 Å². The molecule has 2 rings (SSSR count). The lowest BCUT2D eigenvalue weighted by atomic mass is 10.1. The highest BCUT2D eigenvalue weighted by molar-refractivity contribution is 5.78. The molecule has 2 heteroatoms. The molecule has 0 radical (unpaired) electrons. The van der Waals surface area contributed by atoms with Gasteiger partial charge in [-0.25, -0.2) is 0 Å². The van der Waals surface area contributed by atoms with E-state index in [0.29, 0.717) is 12.7 Å². The molecule has 0 fully saturated rings. The Morgan fingerprint density at radius 1 is 1.29 bits per heavy atom. The van der Waals surface area contributed by atoms with Crippen LogP contribution in [0.25, 0.3) is 10.9 Å². The third kappa shape index (κ3) is 3.27. The van der Waals surface area contributed by atoms with Crippen molar-refractivity contribution < 1.29 is 4.74 Å². The van der Waals surface area contributed by atoms with Crippen LogP contribution in [-0.4, -0.2) is 11.1 Å². The molecular formula is C15H19NO. The Bertz CT molecular complexity index is 481. The lowest BCUT2D eigenvalue weighted by Crippen LogP contribution is -2.07. The van der Waals surface area contributed by atoms with Crippen molar-refractivity contribution >= 4 is 10.9 Å². The molecule has 2 aromatic rings. The number of aromatic nitrogens is 1. The average molecular weight is 229 g/mol. The van der Waals surface area contributed by atoms with Gasteiger partial charge in [-0.1, -0.05) is 31.5 Å². The fraction of sp³-hybridized carbons (Fsp3) is 0.400. The summed E-state index contributed by atoms with van der Waals surface area (Å²) in [5.74, 6) is 0. The van der Waals surface area contributed by atoms with E-state index in [9.17, 15) is 0 Å². The molecule has 0 aliphatic heterocycles. The van der Waals surface area contributed by atoms with E-state index in [-0.39, 0.29) is 0 Å². The lowest BCUT2D eigenvalue weighted by molar-refractivity contribution is 0.0471. The van der Waals surface area contributed by atoms with Crippen LogP contribution in [0.1, 0.15) is 32.3 Å². The van der Waals surface area contributed by atoms with Crippen LogP contribution in [0.4, 0.5) is 0 Å². The quantitative estimate of drug-likeness (QED) is 0.774. The molecule has 1 atom stereocenters. The molecule has 0 aliphatic carbocycles. The van der Waals surface area contributed by atoms with E-state index in [1.165, 1.54) is 5.39 Å². The van der Waals surface area contributed by atoms with E-state index in [4.69, 9.17) is 4.74 Å². The predicted molar refractivity (Wildman–Crippen MR) is 70.9 cm³/mol. The Kier molecular flexibility index (Phi) is 4.10. The molecule has 0 saturated heterocycles. The van der Waals surface area contributed by atoms with Crippen molar-refractivity contribution in [1.82, 2.24) is 4.98 Å². The second-order valence-corrected chi connectivity index (χ2v) is 4.45. The first kappa shape index (κ1) is 12.1. The van der Waals surface area contributed by atoms with Crippen LogP contribution in [0.3, 0.4) is 0 Å².